The zero-order valence-corrected chi connectivity index (χ0v) is 7.25. The van der Waals surface area contributed by atoms with Crippen molar-refractivity contribution in [2.24, 2.45) is 0 Å². The third-order valence-electron chi connectivity index (χ3n) is 1.48. The third-order valence-corrected chi connectivity index (χ3v) is 1.48. The lowest BCUT2D eigenvalue weighted by Gasteiger charge is -2.00. The van der Waals surface area contributed by atoms with E-state index >= 15 is 0 Å². The van der Waals surface area contributed by atoms with Crippen molar-refractivity contribution in [1.29, 1.82) is 0 Å². The average Bonchev–Trinajstić information content (AvgIpc) is 2.71. The van der Waals surface area contributed by atoms with Crippen LogP contribution in [-0.2, 0) is 0 Å². The molecule has 0 aliphatic rings. The summed E-state index contributed by atoms with van der Waals surface area (Å²) >= 11 is 0. The van der Waals surface area contributed by atoms with Gasteiger partial charge in [-0.15, -0.1) is 0 Å². The molecule has 0 saturated heterocycles. The lowest BCUT2D eigenvalue weighted by atomic mass is 10.4. The highest BCUT2D eigenvalue weighted by molar-refractivity contribution is 5.86. The van der Waals surface area contributed by atoms with Crippen LogP contribution >= 0.6 is 0 Å². The van der Waals surface area contributed by atoms with Gasteiger partial charge in [-0.1, -0.05) is 5.10 Å². The third kappa shape index (κ3) is 2.02. The summed E-state index contributed by atoms with van der Waals surface area (Å²) in [6, 6.07) is 1.27. The molecule has 0 radical (unpaired) electrons. The summed E-state index contributed by atoms with van der Waals surface area (Å²) in [5.41, 5.74) is -0.111. The van der Waals surface area contributed by atoms with E-state index in [4.69, 9.17) is 5.11 Å². The summed E-state index contributed by atoms with van der Waals surface area (Å²) in [6.45, 7) is 0. The molecule has 0 spiro atoms. The Labute approximate surface area is 82.6 Å². The van der Waals surface area contributed by atoms with E-state index in [0.717, 1.165) is 6.33 Å². The van der Waals surface area contributed by atoms with Crippen LogP contribution in [0, 0.1) is 0 Å². The number of anilines is 2. The molecule has 0 aliphatic carbocycles. The van der Waals surface area contributed by atoms with Gasteiger partial charge in [-0.2, -0.15) is 0 Å². The van der Waals surface area contributed by atoms with Gasteiger partial charge in [0, 0.05) is 6.07 Å². The Bertz CT molecular complexity index is 468. The molecule has 0 fully saturated rings. The summed E-state index contributed by atoms with van der Waals surface area (Å²) in [5, 5.41) is 24.0. The summed E-state index contributed by atoms with van der Waals surface area (Å²) in [6.07, 6.45) is 1.13. The molecule has 0 amide bonds. The fraction of sp³-hybridized carbons (Fsp3) is 0. The van der Waals surface area contributed by atoms with Crippen LogP contribution in [0.25, 0.3) is 0 Å². The SMILES string of the molecule is O=C(O)c1cc(Nc2nnn[nH]2)ncn1. The quantitative estimate of drug-likeness (QED) is 0.610. The van der Waals surface area contributed by atoms with Gasteiger partial charge in [-0.3, -0.25) is 0 Å². The minimum Gasteiger partial charge on any atom is -0.477 e. The summed E-state index contributed by atoms with van der Waals surface area (Å²) < 4.78 is 0. The van der Waals surface area contributed by atoms with E-state index in [2.05, 4.69) is 35.9 Å². The van der Waals surface area contributed by atoms with Gasteiger partial charge in [0.2, 0.25) is 5.95 Å². The number of tetrazole rings is 1. The van der Waals surface area contributed by atoms with Crippen LogP contribution in [0.1, 0.15) is 10.5 Å². The number of aromatic nitrogens is 6. The molecule has 3 N–H and O–H groups in total. The molecule has 0 unspecified atom stereocenters. The zero-order valence-electron chi connectivity index (χ0n) is 7.25. The molecule has 0 saturated carbocycles. The number of carboxylic acid groups (broad SMARTS) is 1. The van der Waals surface area contributed by atoms with Gasteiger partial charge in [0.25, 0.3) is 0 Å². The largest absolute Gasteiger partial charge is 0.477 e. The minimum atomic E-state index is -1.13. The topological polar surface area (TPSA) is 130 Å². The first-order valence-corrected chi connectivity index (χ1v) is 3.82. The standard InChI is InChI=1S/C6H5N7O2/c14-5(15)3-1-4(8-2-7-3)9-6-10-12-13-11-6/h1-2H,(H,14,15)(H2,7,8,9,10,11,12,13). The first-order chi connectivity index (χ1) is 7.25. The Kier molecular flexibility index (Phi) is 2.19. The maximum absolute atomic E-state index is 10.6. The first-order valence-electron chi connectivity index (χ1n) is 3.82. The van der Waals surface area contributed by atoms with Crippen molar-refractivity contribution in [2.45, 2.75) is 0 Å². The van der Waals surface area contributed by atoms with Crippen molar-refractivity contribution < 1.29 is 9.90 Å². The number of hydrogen-bond donors (Lipinski definition) is 3. The zero-order chi connectivity index (χ0) is 10.7. The number of nitrogens with one attached hydrogen (secondary N) is 2. The number of aromatic amines is 1. The van der Waals surface area contributed by atoms with Gasteiger partial charge in [-0.05, 0) is 10.4 Å². The molecule has 9 nitrogen and oxygen atoms in total. The van der Waals surface area contributed by atoms with Crippen LogP contribution in [0.4, 0.5) is 11.8 Å². The Morgan fingerprint density at radius 1 is 1.47 bits per heavy atom. The molecular weight excluding hydrogens is 202 g/mol. The van der Waals surface area contributed by atoms with Crippen molar-refractivity contribution in [2.75, 3.05) is 5.32 Å². The number of rotatable bonds is 3. The predicted molar refractivity (Wildman–Crippen MR) is 46.5 cm³/mol. The number of aromatic carboxylic acids is 1. The molecule has 15 heavy (non-hydrogen) atoms. The van der Waals surface area contributed by atoms with Crippen molar-refractivity contribution in [1.82, 2.24) is 30.6 Å². The van der Waals surface area contributed by atoms with Crippen molar-refractivity contribution >= 4 is 17.7 Å². The Morgan fingerprint density at radius 3 is 3.00 bits per heavy atom. The van der Waals surface area contributed by atoms with Crippen molar-refractivity contribution in [3.63, 3.8) is 0 Å². The van der Waals surface area contributed by atoms with E-state index in [-0.39, 0.29) is 11.6 Å². The molecule has 0 atom stereocenters. The van der Waals surface area contributed by atoms with E-state index in [1.165, 1.54) is 6.07 Å². The lowest BCUT2D eigenvalue weighted by molar-refractivity contribution is 0.0690. The summed E-state index contributed by atoms with van der Waals surface area (Å²) in [4.78, 5) is 17.9. The second-order valence-corrected chi connectivity index (χ2v) is 2.47. The monoisotopic (exact) mass is 207 g/mol. The highest BCUT2D eigenvalue weighted by Crippen LogP contribution is 2.08. The van der Waals surface area contributed by atoms with Gasteiger partial charge in [0.05, 0.1) is 0 Å². The second-order valence-electron chi connectivity index (χ2n) is 2.47. The van der Waals surface area contributed by atoms with Gasteiger partial charge in [-0.25, -0.2) is 19.9 Å². The van der Waals surface area contributed by atoms with Gasteiger partial charge in [0.1, 0.15) is 12.1 Å². The normalized spacial score (nSPS) is 9.87. The Morgan fingerprint density at radius 2 is 2.33 bits per heavy atom. The number of carboxylic acids is 1. The van der Waals surface area contributed by atoms with Crippen LogP contribution in [0.15, 0.2) is 12.4 Å². The van der Waals surface area contributed by atoms with E-state index in [9.17, 15) is 4.79 Å². The number of nitrogens with zero attached hydrogens (tertiary/aromatic N) is 5. The molecule has 2 rings (SSSR count). The fourth-order valence-corrected chi connectivity index (χ4v) is 0.876. The van der Waals surface area contributed by atoms with Crippen molar-refractivity contribution in [3.05, 3.63) is 18.1 Å². The molecule has 0 bridgehead atoms. The number of hydrogen-bond acceptors (Lipinski definition) is 7. The lowest BCUT2D eigenvalue weighted by Crippen LogP contribution is -2.03. The van der Waals surface area contributed by atoms with E-state index in [1.807, 2.05) is 0 Å². The maximum atomic E-state index is 10.6. The van der Waals surface area contributed by atoms with Gasteiger partial charge < -0.3 is 10.4 Å². The number of carbonyl (C=O) groups is 1. The van der Waals surface area contributed by atoms with E-state index in [1.54, 1.807) is 0 Å². The average molecular weight is 207 g/mol. The Balaban J connectivity index is 2.22. The van der Waals surface area contributed by atoms with Gasteiger partial charge in [0.15, 0.2) is 5.69 Å². The second kappa shape index (κ2) is 3.65. The predicted octanol–water partition coefficient (Wildman–Crippen LogP) is -0.569. The molecule has 2 heterocycles. The van der Waals surface area contributed by atoms with Crippen molar-refractivity contribution in [3.8, 4) is 0 Å². The van der Waals surface area contributed by atoms with Crippen LogP contribution < -0.4 is 5.32 Å². The molecule has 0 aromatic carbocycles. The summed E-state index contributed by atoms with van der Waals surface area (Å²) in [7, 11) is 0. The highest BCUT2D eigenvalue weighted by atomic mass is 16.4. The van der Waals surface area contributed by atoms with Crippen LogP contribution in [0.5, 0.6) is 0 Å². The number of H-pyrrole nitrogens is 1. The van der Waals surface area contributed by atoms with Crippen LogP contribution in [0.2, 0.25) is 0 Å². The molecule has 2 aromatic heterocycles. The van der Waals surface area contributed by atoms with Crippen LogP contribution in [-0.4, -0.2) is 41.7 Å². The highest BCUT2D eigenvalue weighted by Gasteiger charge is 2.06. The molecule has 9 heteroatoms. The maximum Gasteiger partial charge on any atom is 0.354 e. The minimum absolute atomic E-state index is 0.111. The summed E-state index contributed by atoms with van der Waals surface area (Å²) in [5.74, 6) is -0.567. The van der Waals surface area contributed by atoms with Crippen LogP contribution in [0.3, 0.4) is 0 Å². The fourth-order valence-electron chi connectivity index (χ4n) is 0.876. The Hall–Kier alpha value is -2.58. The molecule has 76 valence electrons. The van der Waals surface area contributed by atoms with E-state index in [0.29, 0.717) is 5.82 Å². The molecule has 0 aliphatic heterocycles. The first kappa shape index (κ1) is 8.99. The molecular formula is C6H5N7O2. The van der Waals surface area contributed by atoms with E-state index < -0.39 is 5.97 Å². The smallest absolute Gasteiger partial charge is 0.354 e. The molecule has 2 aromatic rings. The van der Waals surface area contributed by atoms with Gasteiger partial charge >= 0.3 is 5.97 Å².